The first-order valence-electron chi connectivity index (χ1n) is 8.58. The van der Waals surface area contributed by atoms with Crippen molar-refractivity contribution < 1.29 is 17.6 Å². The molecule has 1 heterocycles. The smallest absolute Gasteiger partial charge is 0.227 e. The first kappa shape index (κ1) is 20.1. The van der Waals surface area contributed by atoms with Gasteiger partial charge in [0, 0.05) is 23.1 Å². The van der Waals surface area contributed by atoms with Gasteiger partial charge in [-0.05, 0) is 48.1 Å². The van der Waals surface area contributed by atoms with Crippen molar-refractivity contribution in [3.05, 3.63) is 71.4 Å². The Morgan fingerprint density at radius 1 is 0.964 bits per heavy atom. The van der Waals surface area contributed by atoms with E-state index in [-0.39, 0.29) is 17.2 Å². The van der Waals surface area contributed by atoms with E-state index in [0.717, 1.165) is 36.1 Å². The Morgan fingerprint density at radius 2 is 1.79 bits per heavy atom. The van der Waals surface area contributed by atoms with Crippen molar-refractivity contribution in [1.29, 1.82) is 0 Å². The predicted molar refractivity (Wildman–Crippen MR) is 103 cm³/mol. The zero-order chi connectivity index (χ0) is 20.1. The highest BCUT2D eigenvalue weighted by Crippen LogP contribution is 2.26. The van der Waals surface area contributed by atoms with Crippen LogP contribution in [-0.4, -0.2) is 15.7 Å². The van der Waals surface area contributed by atoms with Crippen LogP contribution in [0.1, 0.15) is 18.9 Å². The van der Waals surface area contributed by atoms with E-state index in [2.05, 4.69) is 22.2 Å². The Labute approximate surface area is 164 Å². The molecule has 0 unspecified atom stereocenters. The molecule has 0 bridgehead atoms. The summed E-state index contributed by atoms with van der Waals surface area (Å²) in [5, 5.41) is 2.81. The second-order valence-electron chi connectivity index (χ2n) is 6.04. The summed E-state index contributed by atoms with van der Waals surface area (Å²) in [5.74, 6) is -1.41. The van der Waals surface area contributed by atoms with Gasteiger partial charge in [-0.15, -0.1) is 0 Å². The van der Waals surface area contributed by atoms with Gasteiger partial charge >= 0.3 is 0 Å². The van der Waals surface area contributed by atoms with Crippen LogP contribution in [0.3, 0.4) is 0 Å². The van der Waals surface area contributed by atoms with Crippen LogP contribution < -0.4 is 5.32 Å². The van der Waals surface area contributed by atoms with Crippen LogP contribution >= 0.6 is 11.8 Å². The molecule has 0 radical (unpaired) electrons. The predicted octanol–water partition coefficient (Wildman–Crippen LogP) is 6.09. The third-order valence-corrected chi connectivity index (χ3v) is 5.00. The molecule has 2 aromatic carbocycles. The van der Waals surface area contributed by atoms with E-state index in [9.17, 15) is 17.6 Å². The van der Waals surface area contributed by atoms with E-state index in [1.54, 1.807) is 17.8 Å². The zero-order valence-corrected chi connectivity index (χ0v) is 15.8. The van der Waals surface area contributed by atoms with Gasteiger partial charge in [-0.3, -0.25) is 0 Å². The summed E-state index contributed by atoms with van der Waals surface area (Å²) in [7, 11) is 0. The van der Waals surface area contributed by atoms with Crippen molar-refractivity contribution in [1.82, 2.24) is 9.97 Å². The molecule has 8 heteroatoms. The van der Waals surface area contributed by atoms with Gasteiger partial charge in [-0.1, -0.05) is 6.92 Å². The van der Waals surface area contributed by atoms with Gasteiger partial charge in [0.05, 0.1) is 6.20 Å². The Morgan fingerprint density at radius 3 is 2.54 bits per heavy atom. The summed E-state index contributed by atoms with van der Waals surface area (Å²) < 4.78 is 55.1. The lowest BCUT2D eigenvalue weighted by atomic mass is 10.1. The van der Waals surface area contributed by atoms with Crippen LogP contribution in [0.4, 0.5) is 29.2 Å². The molecule has 0 aliphatic rings. The molecule has 0 aliphatic carbocycles. The third-order valence-electron chi connectivity index (χ3n) is 3.76. The maximum atomic E-state index is 14.1. The minimum atomic E-state index is -0.940. The van der Waals surface area contributed by atoms with Crippen LogP contribution in [0.5, 0.6) is 0 Å². The maximum Gasteiger partial charge on any atom is 0.227 e. The number of aromatic nitrogens is 2. The average molecular weight is 407 g/mol. The number of nitrogens with one attached hydrogen (secondary N) is 1. The topological polar surface area (TPSA) is 37.8 Å². The second-order valence-corrected chi connectivity index (χ2v) is 7.15. The van der Waals surface area contributed by atoms with Gasteiger partial charge in [0.15, 0.2) is 5.82 Å². The Bertz CT molecular complexity index is 982. The number of hydrogen-bond donors (Lipinski definition) is 1. The highest BCUT2D eigenvalue weighted by atomic mass is 32.2. The molecule has 0 atom stereocenters. The average Bonchev–Trinajstić information content (AvgIpc) is 2.63. The number of anilines is 2. The number of nitrogens with zero attached hydrogens (tertiary/aromatic N) is 2. The molecule has 1 N–H and O–H groups in total. The van der Waals surface area contributed by atoms with Crippen molar-refractivity contribution in [2.75, 3.05) is 11.1 Å². The van der Waals surface area contributed by atoms with Crippen LogP contribution in [-0.2, 0) is 5.75 Å². The van der Waals surface area contributed by atoms with Crippen LogP contribution in [0.2, 0.25) is 0 Å². The second kappa shape index (κ2) is 9.05. The van der Waals surface area contributed by atoms with Crippen LogP contribution in [0, 0.1) is 23.3 Å². The highest BCUT2D eigenvalue weighted by Gasteiger charge is 2.15. The monoisotopic (exact) mass is 407 g/mol. The van der Waals surface area contributed by atoms with E-state index in [1.807, 2.05) is 0 Å². The van der Waals surface area contributed by atoms with Gasteiger partial charge < -0.3 is 5.32 Å². The number of hydrogen-bond acceptors (Lipinski definition) is 4. The lowest BCUT2D eigenvalue weighted by molar-refractivity contribution is 0.580. The molecule has 0 amide bonds. The summed E-state index contributed by atoms with van der Waals surface area (Å²) in [4.78, 5) is 7.80. The van der Waals surface area contributed by atoms with E-state index < -0.39 is 23.3 Å². The van der Waals surface area contributed by atoms with E-state index in [0.29, 0.717) is 17.5 Å². The lowest BCUT2D eigenvalue weighted by Crippen LogP contribution is -2.02. The summed E-state index contributed by atoms with van der Waals surface area (Å²) >= 11 is 1.69. The largest absolute Gasteiger partial charge is 0.324 e. The fourth-order valence-electron chi connectivity index (χ4n) is 2.57. The van der Waals surface area contributed by atoms with Gasteiger partial charge in [0.1, 0.15) is 23.1 Å². The molecule has 0 saturated heterocycles. The van der Waals surface area contributed by atoms with Crippen LogP contribution in [0.25, 0.3) is 11.3 Å². The minimum absolute atomic E-state index is 0.0297. The first-order chi connectivity index (χ1) is 13.5. The molecule has 146 valence electrons. The molecular formula is C20H17F4N3S. The quantitative estimate of drug-likeness (QED) is 0.380. The number of thioether (sulfide) groups is 1. The zero-order valence-electron chi connectivity index (χ0n) is 15.0. The third kappa shape index (κ3) is 5.01. The molecule has 3 aromatic rings. The molecule has 3 nitrogen and oxygen atoms in total. The van der Waals surface area contributed by atoms with Gasteiger partial charge in [0.25, 0.3) is 0 Å². The molecule has 1 aromatic heterocycles. The SMILES string of the molecule is CCCSCc1cc(F)cc(Nc2ncc(F)c(-c3ccc(F)cc3F)n2)c1. The molecular weight excluding hydrogens is 390 g/mol. The standard InChI is InChI=1S/C20H17F4N3S/c1-2-5-28-11-12-6-14(22)8-15(7-12)26-20-25-10-18(24)19(27-20)16-4-3-13(21)9-17(16)23/h3-4,6-10H,2,5,11H2,1H3,(H,25,26,27). The van der Waals surface area contributed by atoms with Crippen LogP contribution in [0.15, 0.2) is 42.6 Å². The molecule has 0 saturated carbocycles. The van der Waals surface area contributed by atoms with Crippen molar-refractivity contribution in [3.8, 4) is 11.3 Å². The summed E-state index contributed by atoms with van der Waals surface area (Å²) in [6, 6.07) is 7.22. The van der Waals surface area contributed by atoms with Gasteiger partial charge in [-0.25, -0.2) is 27.5 Å². The Balaban J connectivity index is 1.87. The van der Waals surface area contributed by atoms with E-state index in [4.69, 9.17) is 0 Å². The van der Waals surface area contributed by atoms with Gasteiger partial charge in [-0.2, -0.15) is 11.8 Å². The Hall–Kier alpha value is -2.61. The number of halogens is 4. The number of rotatable bonds is 7. The molecule has 3 rings (SSSR count). The minimum Gasteiger partial charge on any atom is -0.324 e. The van der Waals surface area contributed by atoms with Crippen molar-refractivity contribution in [3.63, 3.8) is 0 Å². The lowest BCUT2D eigenvalue weighted by Gasteiger charge is -2.10. The van der Waals surface area contributed by atoms with E-state index >= 15 is 0 Å². The molecule has 28 heavy (non-hydrogen) atoms. The first-order valence-corrected chi connectivity index (χ1v) is 9.74. The van der Waals surface area contributed by atoms with Crippen molar-refractivity contribution in [2.45, 2.75) is 19.1 Å². The fourth-order valence-corrected chi connectivity index (χ4v) is 3.40. The normalized spacial score (nSPS) is 10.9. The van der Waals surface area contributed by atoms with Gasteiger partial charge in [0.2, 0.25) is 5.95 Å². The summed E-state index contributed by atoms with van der Waals surface area (Å²) in [6.07, 6.45) is 1.90. The highest BCUT2D eigenvalue weighted by molar-refractivity contribution is 7.98. The Kier molecular flexibility index (Phi) is 6.51. The summed E-state index contributed by atoms with van der Waals surface area (Å²) in [5.41, 5.74) is 0.669. The molecule has 0 aliphatic heterocycles. The number of benzene rings is 2. The molecule has 0 fully saturated rings. The van der Waals surface area contributed by atoms with E-state index in [1.165, 1.54) is 12.1 Å². The fraction of sp³-hybridized carbons (Fsp3) is 0.200. The molecule has 0 spiro atoms. The van der Waals surface area contributed by atoms with Crippen molar-refractivity contribution in [2.24, 2.45) is 0 Å². The maximum absolute atomic E-state index is 14.1. The van der Waals surface area contributed by atoms with Crippen molar-refractivity contribution >= 4 is 23.4 Å². The summed E-state index contributed by atoms with van der Waals surface area (Å²) in [6.45, 7) is 2.07.